The van der Waals surface area contributed by atoms with Crippen molar-refractivity contribution < 1.29 is 9.53 Å². The average Bonchev–Trinajstić information content (AvgIpc) is 2.28. The molecule has 0 radical (unpaired) electrons. The first-order valence-corrected chi connectivity index (χ1v) is 6.48. The van der Waals surface area contributed by atoms with Gasteiger partial charge in [-0.05, 0) is 32.6 Å². The molecule has 1 fully saturated rings. The van der Waals surface area contributed by atoms with Crippen LogP contribution in [0.15, 0.2) is 0 Å². The van der Waals surface area contributed by atoms with Crippen LogP contribution < -0.4 is 5.73 Å². The Morgan fingerprint density at radius 1 is 1.44 bits per heavy atom. The molecule has 1 heterocycles. The van der Waals surface area contributed by atoms with Crippen LogP contribution >= 0.6 is 0 Å². The van der Waals surface area contributed by atoms with E-state index in [0.29, 0.717) is 12.4 Å². The zero-order valence-electron chi connectivity index (χ0n) is 10.6. The molecule has 3 heteroatoms. The second-order valence-corrected chi connectivity index (χ2v) is 5.13. The summed E-state index contributed by atoms with van der Waals surface area (Å²) in [5.41, 5.74) is 5.69. The van der Waals surface area contributed by atoms with Crippen molar-refractivity contribution in [3.05, 3.63) is 0 Å². The predicted molar refractivity (Wildman–Crippen MR) is 65.2 cm³/mol. The minimum absolute atomic E-state index is 0.152. The van der Waals surface area contributed by atoms with Crippen molar-refractivity contribution in [1.29, 1.82) is 0 Å². The highest BCUT2D eigenvalue weighted by Gasteiger charge is 2.25. The molecule has 3 unspecified atom stereocenters. The standard InChI is InChI=1S/C13H25NO2/c1-10(5-3-6-11(2)14)13(15)12-7-4-8-16-9-12/h10-12H,3-9,14H2,1-2H3. The Bertz CT molecular complexity index is 210. The normalized spacial score (nSPS) is 25.1. The summed E-state index contributed by atoms with van der Waals surface area (Å²) in [4.78, 5) is 12.1. The predicted octanol–water partition coefficient (Wildman–Crippen LogP) is 2.14. The Hall–Kier alpha value is -0.410. The Labute approximate surface area is 98.7 Å². The van der Waals surface area contributed by atoms with Crippen molar-refractivity contribution in [2.75, 3.05) is 13.2 Å². The van der Waals surface area contributed by atoms with Gasteiger partial charge in [0.15, 0.2) is 0 Å². The topological polar surface area (TPSA) is 52.3 Å². The lowest BCUT2D eigenvalue weighted by molar-refractivity contribution is -0.130. The number of nitrogens with two attached hydrogens (primary N) is 1. The van der Waals surface area contributed by atoms with E-state index >= 15 is 0 Å². The van der Waals surface area contributed by atoms with E-state index in [-0.39, 0.29) is 17.9 Å². The van der Waals surface area contributed by atoms with Crippen LogP contribution in [0.25, 0.3) is 0 Å². The van der Waals surface area contributed by atoms with Gasteiger partial charge in [0.05, 0.1) is 6.61 Å². The minimum Gasteiger partial charge on any atom is -0.381 e. The molecule has 1 aliphatic heterocycles. The molecule has 0 spiro atoms. The first-order chi connectivity index (χ1) is 7.61. The smallest absolute Gasteiger partial charge is 0.141 e. The molecule has 1 saturated heterocycles. The highest BCUT2D eigenvalue weighted by molar-refractivity contribution is 5.83. The summed E-state index contributed by atoms with van der Waals surface area (Å²) in [6.07, 6.45) is 5.08. The monoisotopic (exact) mass is 227 g/mol. The summed E-state index contributed by atoms with van der Waals surface area (Å²) in [5, 5.41) is 0. The second kappa shape index (κ2) is 7.02. The van der Waals surface area contributed by atoms with Crippen molar-refractivity contribution in [2.45, 2.75) is 52.0 Å². The number of rotatable bonds is 6. The fraction of sp³-hybridized carbons (Fsp3) is 0.923. The zero-order chi connectivity index (χ0) is 12.0. The van der Waals surface area contributed by atoms with Gasteiger partial charge in [-0.15, -0.1) is 0 Å². The number of carbonyl (C=O) groups excluding carboxylic acids is 1. The van der Waals surface area contributed by atoms with E-state index in [0.717, 1.165) is 38.7 Å². The number of hydrogen-bond donors (Lipinski definition) is 1. The molecule has 0 aliphatic carbocycles. The van der Waals surface area contributed by atoms with Crippen molar-refractivity contribution in [3.63, 3.8) is 0 Å². The summed E-state index contributed by atoms with van der Waals surface area (Å²) >= 11 is 0. The molecule has 1 rings (SSSR count). The number of ether oxygens (including phenoxy) is 1. The van der Waals surface area contributed by atoms with Gasteiger partial charge in [-0.25, -0.2) is 0 Å². The van der Waals surface area contributed by atoms with E-state index in [2.05, 4.69) is 0 Å². The van der Waals surface area contributed by atoms with Gasteiger partial charge in [0.2, 0.25) is 0 Å². The number of carbonyl (C=O) groups is 1. The van der Waals surface area contributed by atoms with Gasteiger partial charge >= 0.3 is 0 Å². The summed E-state index contributed by atoms with van der Waals surface area (Å²) in [6.45, 7) is 5.51. The quantitative estimate of drug-likeness (QED) is 0.756. The lowest BCUT2D eigenvalue weighted by Crippen LogP contribution is -2.29. The Morgan fingerprint density at radius 2 is 2.19 bits per heavy atom. The minimum atomic E-state index is 0.152. The summed E-state index contributed by atoms with van der Waals surface area (Å²) < 4.78 is 5.36. The van der Waals surface area contributed by atoms with Crippen LogP contribution in [0.1, 0.15) is 46.0 Å². The van der Waals surface area contributed by atoms with Crippen LogP contribution in [0.2, 0.25) is 0 Å². The Kier molecular flexibility index (Phi) is 5.99. The van der Waals surface area contributed by atoms with E-state index in [4.69, 9.17) is 10.5 Å². The fourth-order valence-corrected chi connectivity index (χ4v) is 2.26. The summed E-state index contributed by atoms with van der Waals surface area (Å²) in [5.74, 6) is 0.717. The zero-order valence-corrected chi connectivity index (χ0v) is 10.6. The highest BCUT2D eigenvalue weighted by Crippen LogP contribution is 2.21. The SMILES string of the molecule is CC(N)CCCC(C)C(=O)C1CCCOC1. The van der Waals surface area contributed by atoms with E-state index in [9.17, 15) is 4.79 Å². The van der Waals surface area contributed by atoms with Crippen LogP contribution in [-0.2, 0) is 9.53 Å². The number of hydrogen-bond acceptors (Lipinski definition) is 3. The second-order valence-electron chi connectivity index (χ2n) is 5.13. The third kappa shape index (κ3) is 4.62. The molecule has 2 N–H and O–H groups in total. The third-order valence-electron chi connectivity index (χ3n) is 3.34. The van der Waals surface area contributed by atoms with Gasteiger partial charge in [0.1, 0.15) is 5.78 Å². The van der Waals surface area contributed by atoms with Gasteiger partial charge in [0.25, 0.3) is 0 Å². The Balaban J connectivity index is 2.23. The third-order valence-corrected chi connectivity index (χ3v) is 3.34. The molecule has 0 amide bonds. The van der Waals surface area contributed by atoms with Crippen LogP contribution in [0, 0.1) is 11.8 Å². The van der Waals surface area contributed by atoms with E-state index < -0.39 is 0 Å². The van der Waals surface area contributed by atoms with Crippen LogP contribution in [0.3, 0.4) is 0 Å². The van der Waals surface area contributed by atoms with Crippen molar-refractivity contribution >= 4 is 5.78 Å². The van der Waals surface area contributed by atoms with Crippen LogP contribution in [0.5, 0.6) is 0 Å². The van der Waals surface area contributed by atoms with Gasteiger partial charge < -0.3 is 10.5 Å². The maximum absolute atomic E-state index is 12.1. The first kappa shape index (κ1) is 13.7. The van der Waals surface area contributed by atoms with Gasteiger partial charge in [-0.3, -0.25) is 4.79 Å². The molecule has 0 aromatic heterocycles. The van der Waals surface area contributed by atoms with Crippen molar-refractivity contribution in [2.24, 2.45) is 17.6 Å². The number of Topliss-reactive ketones (excluding diaryl/α,β-unsaturated/α-hetero) is 1. The lowest BCUT2D eigenvalue weighted by Gasteiger charge is -2.23. The molecular formula is C13H25NO2. The molecule has 1 aliphatic rings. The Morgan fingerprint density at radius 3 is 2.75 bits per heavy atom. The van der Waals surface area contributed by atoms with Gasteiger partial charge in [-0.1, -0.05) is 13.3 Å². The van der Waals surface area contributed by atoms with Gasteiger partial charge in [0, 0.05) is 24.5 Å². The molecule has 0 aromatic carbocycles. The van der Waals surface area contributed by atoms with Crippen molar-refractivity contribution in [1.82, 2.24) is 0 Å². The molecule has 94 valence electrons. The molecule has 3 nitrogen and oxygen atoms in total. The first-order valence-electron chi connectivity index (χ1n) is 6.48. The summed E-state index contributed by atoms with van der Waals surface area (Å²) in [7, 11) is 0. The average molecular weight is 227 g/mol. The fourth-order valence-electron chi connectivity index (χ4n) is 2.26. The van der Waals surface area contributed by atoms with Gasteiger partial charge in [-0.2, -0.15) is 0 Å². The lowest BCUT2D eigenvalue weighted by atomic mass is 9.87. The van der Waals surface area contributed by atoms with Crippen LogP contribution in [0.4, 0.5) is 0 Å². The van der Waals surface area contributed by atoms with Crippen molar-refractivity contribution in [3.8, 4) is 0 Å². The largest absolute Gasteiger partial charge is 0.381 e. The maximum Gasteiger partial charge on any atom is 0.141 e. The maximum atomic E-state index is 12.1. The van der Waals surface area contributed by atoms with E-state index in [1.807, 2.05) is 13.8 Å². The van der Waals surface area contributed by atoms with E-state index in [1.165, 1.54) is 0 Å². The molecular weight excluding hydrogens is 202 g/mol. The number of ketones is 1. The van der Waals surface area contributed by atoms with Crippen LogP contribution in [-0.4, -0.2) is 25.0 Å². The molecule has 0 bridgehead atoms. The molecule has 0 aromatic rings. The molecule has 3 atom stereocenters. The molecule has 0 saturated carbocycles. The highest BCUT2D eigenvalue weighted by atomic mass is 16.5. The van der Waals surface area contributed by atoms with E-state index in [1.54, 1.807) is 0 Å². The summed E-state index contributed by atoms with van der Waals surface area (Å²) in [6, 6.07) is 0.250. The molecule has 16 heavy (non-hydrogen) atoms.